The minimum atomic E-state index is -0.138. The van der Waals surface area contributed by atoms with E-state index in [4.69, 9.17) is 0 Å². The number of hydrogen-bond acceptors (Lipinski definition) is 3. The van der Waals surface area contributed by atoms with Crippen molar-refractivity contribution in [3.05, 3.63) is 0 Å². The lowest BCUT2D eigenvalue weighted by Gasteiger charge is -2.16. The van der Waals surface area contributed by atoms with Crippen LogP contribution in [0.5, 0.6) is 0 Å². The maximum Gasteiger partial charge on any atom is 0.244 e. The third kappa shape index (κ3) is 2.22. The van der Waals surface area contributed by atoms with E-state index in [1.807, 2.05) is 6.92 Å². The first-order valence-electron chi connectivity index (χ1n) is 3.63. The highest BCUT2D eigenvalue weighted by atomic mass is 32.2. The molecule has 0 aliphatic carbocycles. The van der Waals surface area contributed by atoms with Gasteiger partial charge in [-0.3, -0.25) is 9.79 Å². The summed E-state index contributed by atoms with van der Waals surface area (Å²) < 4.78 is 0. The standard InChI is InChI=1S/C7H12N2OS/c1-5-9-6(3-4-11-5)7(10)8-2/h6H,3-4H2,1-2H3,(H,8,10). The highest BCUT2D eigenvalue weighted by Crippen LogP contribution is 2.16. The summed E-state index contributed by atoms with van der Waals surface area (Å²) in [5, 5.41) is 3.62. The second-order valence-electron chi connectivity index (χ2n) is 2.42. The van der Waals surface area contributed by atoms with Gasteiger partial charge in [-0.2, -0.15) is 0 Å². The highest BCUT2D eigenvalue weighted by molar-refractivity contribution is 8.13. The van der Waals surface area contributed by atoms with Crippen LogP contribution in [-0.2, 0) is 4.79 Å². The molecule has 3 nitrogen and oxygen atoms in total. The van der Waals surface area contributed by atoms with Gasteiger partial charge in [0.15, 0.2) is 0 Å². The first-order valence-corrected chi connectivity index (χ1v) is 4.61. The fourth-order valence-electron chi connectivity index (χ4n) is 0.996. The molecule has 1 aliphatic rings. The van der Waals surface area contributed by atoms with E-state index in [-0.39, 0.29) is 11.9 Å². The number of carbonyl (C=O) groups excluding carboxylic acids is 1. The van der Waals surface area contributed by atoms with Gasteiger partial charge in [0.05, 0.1) is 5.04 Å². The number of carbonyl (C=O) groups is 1. The lowest BCUT2D eigenvalue weighted by Crippen LogP contribution is -2.33. The minimum Gasteiger partial charge on any atom is -0.357 e. The molecule has 1 unspecified atom stereocenters. The van der Waals surface area contributed by atoms with E-state index in [0.717, 1.165) is 17.2 Å². The monoisotopic (exact) mass is 172 g/mol. The van der Waals surface area contributed by atoms with E-state index in [2.05, 4.69) is 10.3 Å². The molecule has 1 heterocycles. The second kappa shape index (κ2) is 3.76. The number of thioether (sulfide) groups is 1. The number of rotatable bonds is 1. The van der Waals surface area contributed by atoms with E-state index >= 15 is 0 Å². The van der Waals surface area contributed by atoms with Crippen LogP contribution in [0, 0.1) is 0 Å². The SMILES string of the molecule is CNC(=O)C1CCSC(C)=N1. The van der Waals surface area contributed by atoms with Crippen LogP contribution in [0.1, 0.15) is 13.3 Å². The molecule has 1 aliphatic heterocycles. The van der Waals surface area contributed by atoms with Crippen molar-refractivity contribution in [2.24, 2.45) is 4.99 Å². The van der Waals surface area contributed by atoms with Gasteiger partial charge >= 0.3 is 0 Å². The molecule has 1 amide bonds. The predicted molar refractivity (Wildman–Crippen MR) is 48.0 cm³/mol. The summed E-state index contributed by atoms with van der Waals surface area (Å²) in [6.45, 7) is 1.94. The molecule has 0 saturated heterocycles. The molecule has 0 fully saturated rings. The van der Waals surface area contributed by atoms with E-state index in [0.29, 0.717) is 0 Å². The Labute approximate surface area is 70.7 Å². The Morgan fingerprint density at radius 3 is 3.09 bits per heavy atom. The third-order valence-electron chi connectivity index (χ3n) is 1.59. The summed E-state index contributed by atoms with van der Waals surface area (Å²) >= 11 is 1.72. The van der Waals surface area contributed by atoms with Gasteiger partial charge in [-0.25, -0.2) is 0 Å². The number of aliphatic imine (C=N–C) groups is 1. The van der Waals surface area contributed by atoms with Gasteiger partial charge in [0.1, 0.15) is 6.04 Å². The summed E-state index contributed by atoms with van der Waals surface area (Å²) in [5.41, 5.74) is 0. The van der Waals surface area contributed by atoms with Gasteiger partial charge in [-0.1, -0.05) is 0 Å². The number of hydrogen-bond donors (Lipinski definition) is 1. The second-order valence-corrected chi connectivity index (χ2v) is 3.70. The van der Waals surface area contributed by atoms with Crippen LogP contribution in [0.25, 0.3) is 0 Å². The van der Waals surface area contributed by atoms with Gasteiger partial charge in [-0.05, 0) is 13.3 Å². The maximum atomic E-state index is 11.1. The number of likely N-dealkylation sites (N-methyl/N-ethyl adjacent to an activating group) is 1. The number of nitrogens with zero attached hydrogens (tertiary/aromatic N) is 1. The molecule has 1 N–H and O–H groups in total. The van der Waals surface area contributed by atoms with Crippen LogP contribution in [0.4, 0.5) is 0 Å². The first-order chi connectivity index (χ1) is 5.24. The van der Waals surface area contributed by atoms with Crippen molar-refractivity contribution in [1.29, 1.82) is 0 Å². The van der Waals surface area contributed by atoms with E-state index in [1.165, 1.54) is 0 Å². The summed E-state index contributed by atoms with van der Waals surface area (Å²) in [6, 6.07) is -0.138. The Balaban J connectivity index is 2.59. The average molecular weight is 172 g/mol. The van der Waals surface area contributed by atoms with Crippen molar-refractivity contribution in [3.8, 4) is 0 Å². The predicted octanol–water partition coefficient (Wildman–Crippen LogP) is 0.656. The fraction of sp³-hybridized carbons (Fsp3) is 0.714. The van der Waals surface area contributed by atoms with Crippen LogP contribution >= 0.6 is 11.8 Å². The van der Waals surface area contributed by atoms with Gasteiger partial charge in [0, 0.05) is 12.8 Å². The third-order valence-corrected chi connectivity index (χ3v) is 2.55. The summed E-state index contributed by atoms with van der Waals surface area (Å²) in [5.74, 6) is 1.04. The lowest BCUT2D eigenvalue weighted by atomic mass is 10.2. The minimum absolute atomic E-state index is 0.0321. The van der Waals surface area contributed by atoms with Crippen LogP contribution in [-0.4, -0.2) is 29.8 Å². The quantitative estimate of drug-likeness (QED) is 0.631. The van der Waals surface area contributed by atoms with Crippen molar-refractivity contribution in [1.82, 2.24) is 5.32 Å². The molecule has 11 heavy (non-hydrogen) atoms. The van der Waals surface area contributed by atoms with Crippen LogP contribution in [0.2, 0.25) is 0 Å². The largest absolute Gasteiger partial charge is 0.357 e. The molecule has 62 valence electrons. The molecule has 0 bridgehead atoms. The zero-order chi connectivity index (χ0) is 8.27. The Kier molecular flexibility index (Phi) is 2.93. The molecular formula is C7H12N2OS. The Morgan fingerprint density at radius 2 is 2.55 bits per heavy atom. The van der Waals surface area contributed by atoms with Gasteiger partial charge in [-0.15, -0.1) is 11.8 Å². The van der Waals surface area contributed by atoms with Crippen LogP contribution in [0.3, 0.4) is 0 Å². The highest BCUT2D eigenvalue weighted by Gasteiger charge is 2.19. The summed E-state index contributed by atoms with van der Waals surface area (Å²) in [4.78, 5) is 15.3. The van der Waals surface area contributed by atoms with Crippen molar-refractivity contribution >= 4 is 22.7 Å². The van der Waals surface area contributed by atoms with Crippen molar-refractivity contribution in [2.45, 2.75) is 19.4 Å². The van der Waals surface area contributed by atoms with E-state index in [9.17, 15) is 4.79 Å². The molecular weight excluding hydrogens is 160 g/mol. The maximum absolute atomic E-state index is 11.1. The molecule has 1 atom stereocenters. The number of amides is 1. The van der Waals surface area contributed by atoms with E-state index in [1.54, 1.807) is 18.8 Å². The molecule has 0 saturated carbocycles. The average Bonchev–Trinajstić information content (AvgIpc) is 2.03. The van der Waals surface area contributed by atoms with Crippen LogP contribution in [0.15, 0.2) is 4.99 Å². The molecule has 0 aromatic rings. The normalized spacial score (nSPS) is 24.2. The molecule has 0 radical (unpaired) electrons. The topological polar surface area (TPSA) is 41.5 Å². The Morgan fingerprint density at radius 1 is 1.82 bits per heavy atom. The van der Waals surface area contributed by atoms with Crippen LogP contribution < -0.4 is 5.32 Å². The smallest absolute Gasteiger partial charge is 0.244 e. The zero-order valence-electron chi connectivity index (χ0n) is 6.76. The van der Waals surface area contributed by atoms with E-state index < -0.39 is 0 Å². The summed E-state index contributed by atoms with van der Waals surface area (Å²) in [6.07, 6.45) is 0.863. The summed E-state index contributed by atoms with van der Waals surface area (Å²) in [7, 11) is 1.65. The lowest BCUT2D eigenvalue weighted by molar-refractivity contribution is -0.121. The van der Waals surface area contributed by atoms with Crippen molar-refractivity contribution in [2.75, 3.05) is 12.8 Å². The first kappa shape index (κ1) is 8.59. The molecule has 1 rings (SSSR count). The fourth-order valence-corrected chi connectivity index (χ4v) is 1.83. The Bertz CT molecular complexity index is 191. The van der Waals surface area contributed by atoms with Gasteiger partial charge in [0.2, 0.25) is 5.91 Å². The van der Waals surface area contributed by atoms with Gasteiger partial charge < -0.3 is 5.32 Å². The molecule has 0 aromatic carbocycles. The molecule has 0 aromatic heterocycles. The molecule has 4 heteroatoms. The van der Waals surface area contributed by atoms with Gasteiger partial charge in [0.25, 0.3) is 0 Å². The van der Waals surface area contributed by atoms with Crippen molar-refractivity contribution in [3.63, 3.8) is 0 Å². The molecule has 0 spiro atoms. The Hall–Kier alpha value is -0.510. The number of nitrogens with one attached hydrogen (secondary N) is 1. The van der Waals surface area contributed by atoms with Crippen molar-refractivity contribution < 1.29 is 4.79 Å². The zero-order valence-corrected chi connectivity index (χ0v) is 7.57.